The SMILES string of the molecule is O=C(O)Cc1c(Cc2ccc(-c3ccccc3)cc2)[nH]c2ccccc12. The molecule has 0 saturated heterocycles. The lowest BCUT2D eigenvalue weighted by Gasteiger charge is -2.06. The van der Waals surface area contributed by atoms with Crippen molar-refractivity contribution in [3.63, 3.8) is 0 Å². The van der Waals surface area contributed by atoms with Crippen LogP contribution in [0.2, 0.25) is 0 Å². The summed E-state index contributed by atoms with van der Waals surface area (Å²) in [6, 6.07) is 26.6. The van der Waals surface area contributed by atoms with Crippen molar-refractivity contribution >= 4 is 16.9 Å². The van der Waals surface area contributed by atoms with Crippen LogP contribution >= 0.6 is 0 Å². The van der Waals surface area contributed by atoms with Gasteiger partial charge < -0.3 is 10.1 Å². The zero-order valence-corrected chi connectivity index (χ0v) is 14.3. The van der Waals surface area contributed by atoms with Gasteiger partial charge in [0, 0.05) is 23.0 Å². The van der Waals surface area contributed by atoms with Gasteiger partial charge in [0.2, 0.25) is 0 Å². The van der Waals surface area contributed by atoms with Gasteiger partial charge in [0.05, 0.1) is 6.42 Å². The van der Waals surface area contributed by atoms with E-state index in [-0.39, 0.29) is 6.42 Å². The first-order valence-electron chi connectivity index (χ1n) is 8.65. The number of carboxylic acids is 1. The predicted octanol–water partition coefficient (Wildman–Crippen LogP) is 5.05. The van der Waals surface area contributed by atoms with Gasteiger partial charge in [-0.1, -0.05) is 72.8 Å². The van der Waals surface area contributed by atoms with Crippen molar-refractivity contribution in [1.29, 1.82) is 0 Å². The number of para-hydroxylation sites is 1. The molecule has 0 amide bonds. The molecule has 4 aromatic rings. The Morgan fingerprint density at radius 1 is 0.808 bits per heavy atom. The maximum Gasteiger partial charge on any atom is 0.307 e. The van der Waals surface area contributed by atoms with Crippen LogP contribution in [-0.2, 0) is 17.6 Å². The third-order valence-electron chi connectivity index (χ3n) is 4.67. The van der Waals surface area contributed by atoms with Gasteiger partial charge in [0.15, 0.2) is 0 Å². The summed E-state index contributed by atoms with van der Waals surface area (Å²) in [5.41, 5.74) is 6.36. The molecule has 0 unspecified atom stereocenters. The van der Waals surface area contributed by atoms with Crippen LogP contribution in [0.25, 0.3) is 22.0 Å². The molecule has 3 aromatic carbocycles. The minimum Gasteiger partial charge on any atom is -0.481 e. The molecule has 0 atom stereocenters. The van der Waals surface area contributed by atoms with Crippen LogP contribution in [-0.4, -0.2) is 16.1 Å². The molecule has 0 radical (unpaired) electrons. The molecule has 0 aliphatic rings. The lowest BCUT2D eigenvalue weighted by molar-refractivity contribution is -0.136. The maximum absolute atomic E-state index is 11.3. The monoisotopic (exact) mass is 341 g/mol. The normalized spacial score (nSPS) is 10.9. The number of fused-ring (bicyclic) bond motifs is 1. The van der Waals surface area contributed by atoms with Gasteiger partial charge in [-0.05, 0) is 28.3 Å². The summed E-state index contributed by atoms with van der Waals surface area (Å²) in [6.07, 6.45) is 0.716. The predicted molar refractivity (Wildman–Crippen MR) is 104 cm³/mol. The van der Waals surface area contributed by atoms with E-state index in [2.05, 4.69) is 41.4 Å². The number of aromatic amines is 1. The van der Waals surface area contributed by atoms with Crippen LogP contribution in [0, 0.1) is 0 Å². The Kier molecular flexibility index (Phi) is 4.28. The molecular weight excluding hydrogens is 322 g/mol. The molecule has 2 N–H and O–H groups in total. The van der Waals surface area contributed by atoms with Gasteiger partial charge in [0.1, 0.15) is 0 Å². The quantitative estimate of drug-likeness (QED) is 0.533. The van der Waals surface area contributed by atoms with E-state index in [1.165, 1.54) is 11.1 Å². The second kappa shape index (κ2) is 6.89. The fourth-order valence-corrected chi connectivity index (χ4v) is 3.41. The Bertz CT molecular complexity index is 1050. The van der Waals surface area contributed by atoms with Crippen molar-refractivity contribution in [3.8, 4) is 11.1 Å². The van der Waals surface area contributed by atoms with Crippen molar-refractivity contribution in [1.82, 2.24) is 4.98 Å². The van der Waals surface area contributed by atoms with E-state index >= 15 is 0 Å². The second-order valence-corrected chi connectivity index (χ2v) is 6.44. The summed E-state index contributed by atoms with van der Waals surface area (Å²) in [6.45, 7) is 0. The Morgan fingerprint density at radius 3 is 2.19 bits per heavy atom. The number of hydrogen-bond acceptors (Lipinski definition) is 1. The zero-order valence-electron chi connectivity index (χ0n) is 14.3. The number of H-pyrrole nitrogens is 1. The molecule has 128 valence electrons. The summed E-state index contributed by atoms with van der Waals surface area (Å²) in [5, 5.41) is 10.3. The Balaban J connectivity index is 1.66. The van der Waals surface area contributed by atoms with E-state index in [0.29, 0.717) is 6.42 Å². The molecule has 1 aromatic heterocycles. The molecule has 1 heterocycles. The van der Waals surface area contributed by atoms with Crippen LogP contribution in [0.1, 0.15) is 16.8 Å². The first kappa shape index (κ1) is 16.2. The van der Waals surface area contributed by atoms with Crippen LogP contribution in [0.4, 0.5) is 0 Å². The number of aromatic nitrogens is 1. The van der Waals surface area contributed by atoms with Crippen LogP contribution < -0.4 is 0 Å². The van der Waals surface area contributed by atoms with Crippen LogP contribution in [0.15, 0.2) is 78.9 Å². The third kappa shape index (κ3) is 3.24. The van der Waals surface area contributed by atoms with E-state index in [1.807, 2.05) is 42.5 Å². The maximum atomic E-state index is 11.3. The van der Waals surface area contributed by atoms with Gasteiger partial charge in [-0.25, -0.2) is 0 Å². The topological polar surface area (TPSA) is 53.1 Å². The van der Waals surface area contributed by atoms with E-state index in [0.717, 1.165) is 27.7 Å². The standard InChI is InChI=1S/C23H19NO2/c25-23(26)15-20-19-8-4-5-9-21(19)24-22(20)14-16-10-12-18(13-11-16)17-6-2-1-3-7-17/h1-13,24H,14-15H2,(H,25,26). The highest BCUT2D eigenvalue weighted by molar-refractivity contribution is 5.88. The van der Waals surface area contributed by atoms with Gasteiger partial charge in [-0.15, -0.1) is 0 Å². The largest absolute Gasteiger partial charge is 0.481 e. The van der Waals surface area contributed by atoms with Gasteiger partial charge >= 0.3 is 5.97 Å². The molecule has 3 heteroatoms. The molecule has 0 spiro atoms. The van der Waals surface area contributed by atoms with Gasteiger partial charge in [0.25, 0.3) is 0 Å². The number of nitrogens with one attached hydrogen (secondary N) is 1. The molecule has 4 rings (SSSR count). The van der Waals surface area contributed by atoms with E-state index in [4.69, 9.17) is 0 Å². The van der Waals surface area contributed by atoms with Gasteiger partial charge in [-0.3, -0.25) is 4.79 Å². The molecule has 3 nitrogen and oxygen atoms in total. The number of hydrogen-bond donors (Lipinski definition) is 2. The molecule has 26 heavy (non-hydrogen) atoms. The van der Waals surface area contributed by atoms with Crippen molar-refractivity contribution in [2.45, 2.75) is 12.8 Å². The Labute approximate surface area is 151 Å². The molecule has 0 aliphatic carbocycles. The molecule has 0 bridgehead atoms. The molecule has 0 fully saturated rings. The lowest BCUT2D eigenvalue weighted by Crippen LogP contribution is -2.03. The van der Waals surface area contributed by atoms with Crippen molar-refractivity contribution in [3.05, 3.63) is 95.7 Å². The van der Waals surface area contributed by atoms with Crippen molar-refractivity contribution < 1.29 is 9.90 Å². The third-order valence-corrected chi connectivity index (χ3v) is 4.67. The minimum absolute atomic E-state index is 0.0292. The molecular formula is C23H19NO2. The number of benzene rings is 3. The van der Waals surface area contributed by atoms with E-state index < -0.39 is 5.97 Å². The van der Waals surface area contributed by atoms with Crippen LogP contribution in [0.3, 0.4) is 0 Å². The van der Waals surface area contributed by atoms with Crippen LogP contribution in [0.5, 0.6) is 0 Å². The average molecular weight is 341 g/mol. The number of aliphatic carboxylic acids is 1. The van der Waals surface area contributed by atoms with E-state index in [1.54, 1.807) is 0 Å². The zero-order chi connectivity index (χ0) is 17.9. The fourth-order valence-electron chi connectivity index (χ4n) is 3.41. The highest BCUT2D eigenvalue weighted by Crippen LogP contribution is 2.26. The smallest absolute Gasteiger partial charge is 0.307 e. The highest BCUT2D eigenvalue weighted by atomic mass is 16.4. The summed E-state index contributed by atoms with van der Waals surface area (Å²) in [5.74, 6) is -0.810. The summed E-state index contributed by atoms with van der Waals surface area (Å²) < 4.78 is 0. The van der Waals surface area contributed by atoms with Crippen molar-refractivity contribution in [2.24, 2.45) is 0 Å². The summed E-state index contributed by atoms with van der Waals surface area (Å²) in [4.78, 5) is 14.7. The lowest BCUT2D eigenvalue weighted by atomic mass is 10.00. The molecule has 0 aliphatic heterocycles. The average Bonchev–Trinajstić information content (AvgIpc) is 3.00. The van der Waals surface area contributed by atoms with Gasteiger partial charge in [-0.2, -0.15) is 0 Å². The number of carboxylic acid groups (broad SMARTS) is 1. The Morgan fingerprint density at radius 2 is 1.46 bits per heavy atom. The number of carbonyl (C=O) groups is 1. The number of rotatable bonds is 5. The Hall–Kier alpha value is -3.33. The van der Waals surface area contributed by atoms with Crippen molar-refractivity contribution in [2.75, 3.05) is 0 Å². The molecule has 0 saturated carbocycles. The first-order valence-corrected chi connectivity index (χ1v) is 8.65. The summed E-state index contributed by atoms with van der Waals surface area (Å²) >= 11 is 0. The minimum atomic E-state index is -0.810. The van der Waals surface area contributed by atoms with E-state index in [9.17, 15) is 9.90 Å². The summed E-state index contributed by atoms with van der Waals surface area (Å²) in [7, 11) is 0. The fraction of sp³-hybridized carbons (Fsp3) is 0.0870. The highest BCUT2D eigenvalue weighted by Gasteiger charge is 2.14. The first-order chi connectivity index (χ1) is 12.7. The second-order valence-electron chi connectivity index (χ2n) is 6.44.